The molecule has 1 aliphatic heterocycles. The van der Waals surface area contributed by atoms with Gasteiger partial charge in [-0.1, -0.05) is 56.1 Å². The van der Waals surface area contributed by atoms with E-state index in [2.05, 4.69) is 36.0 Å². The molecule has 1 aliphatic carbocycles. The van der Waals surface area contributed by atoms with Crippen molar-refractivity contribution in [3.63, 3.8) is 0 Å². The lowest BCUT2D eigenvalue weighted by atomic mass is 9.93. The monoisotopic (exact) mass is 481 g/mol. The van der Waals surface area contributed by atoms with Gasteiger partial charge >= 0.3 is 6.18 Å². The molecule has 3 nitrogen and oxygen atoms in total. The van der Waals surface area contributed by atoms with Crippen molar-refractivity contribution in [1.82, 2.24) is 10.2 Å². The van der Waals surface area contributed by atoms with Gasteiger partial charge < -0.3 is 10.2 Å². The van der Waals surface area contributed by atoms with Gasteiger partial charge in [-0.05, 0) is 43.7 Å². The van der Waals surface area contributed by atoms with Gasteiger partial charge in [-0.15, -0.1) is 11.8 Å². The lowest BCUT2D eigenvalue weighted by Crippen LogP contribution is -2.32. The smallest absolute Gasteiger partial charge is 0.353 e. The van der Waals surface area contributed by atoms with Gasteiger partial charge in [0.05, 0.1) is 0 Å². The van der Waals surface area contributed by atoms with Crippen LogP contribution in [0.3, 0.4) is 0 Å². The van der Waals surface area contributed by atoms with Gasteiger partial charge in [-0.3, -0.25) is 4.99 Å². The second-order valence-corrected chi connectivity index (χ2v) is 9.07. The van der Waals surface area contributed by atoms with Crippen LogP contribution in [0.1, 0.15) is 26.7 Å². The lowest BCUT2D eigenvalue weighted by Gasteiger charge is -2.32. The first-order valence-electron chi connectivity index (χ1n) is 10.5. The standard InChI is InChI=1S/C24H30F3N3S2/c1-5-9-21(32-15-18-12-13-28-23(31)17(3)14-18)22(29-16-24(25,26)27)30(4)20-11-8-7-10-19(20)6-2/h5,7-9,11-14,18-19H,1,6,10,15-16H2,2-4H3,(H,28,31)/b21-9-,29-22?. The van der Waals surface area contributed by atoms with Gasteiger partial charge in [0.15, 0.2) is 0 Å². The Morgan fingerprint density at radius 1 is 1.44 bits per heavy atom. The molecule has 2 atom stereocenters. The Morgan fingerprint density at radius 2 is 2.19 bits per heavy atom. The summed E-state index contributed by atoms with van der Waals surface area (Å²) in [5.74, 6) is 1.25. The summed E-state index contributed by atoms with van der Waals surface area (Å²) in [5, 5.41) is 3.04. The predicted molar refractivity (Wildman–Crippen MR) is 135 cm³/mol. The zero-order valence-corrected chi connectivity index (χ0v) is 20.3. The zero-order valence-electron chi connectivity index (χ0n) is 18.7. The Hall–Kier alpha value is -2.06. The quantitative estimate of drug-likeness (QED) is 0.184. The summed E-state index contributed by atoms with van der Waals surface area (Å²) < 4.78 is 39.2. The van der Waals surface area contributed by atoms with Gasteiger partial charge in [0, 0.05) is 35.2 Å². The summed E-state index contributed by atoms with van der Waals surface area (Å²) in [6.07, 6.45) is 12.6. The Morgan fingerprint density at radius 3 is 2.84 bits per heavy atom. The summed E-state index contributed by atoms with van der Waals surface area (Å²) in [6, 6.07) is 0. The Bertz CT molecular complexity index is 879. The second-order valence-electron chi connectivity index (χ2n) is 7.60. The molecule has 1 N–H and O–H groups in total. The van der Waals surface area contributed by atoms with Gasteiger partial charge in [-0.2, -0.15) is 13.2 Å². The molecule has 2 unspecified atom stereocenters. The van der Waals surface area contributed by atoms with Gasteiger partial charge in [0.2, 0.25) is 0 Å². The van der Waals surface area contributed by atoms with Crippen LogP contribution in [-0.4, -0.2) is 41.2 Å². The van der Waals surface area contributed by atoms with Crippen LogP contribution in [0.15, 0.2) is 76.5 Å². The maximum absolute atomic E-state index is 13.1. The van der Waals surface area contributed by atoms with E-state index in [9.17, 15) is 13.2 Å². The van der Waals surface area contributed by atoms with Crippen molar-refractivity contribution in [2.24, 2.45) is 16.8 Å². The summed E-state index contributed by atoms with van der Waals surface area (Å²) in [4.78, 5) is 7.14. The highest BCUT2D eigenvalue weighted by Gasteiger charge is 2.29. The molecule has 0 radical (unpaired) electrons. The Balaban J connectivity index is 2.34. The van der Waals surface area contributed by atoms with Crippen molar-refractivity contribution in [2.45, 2.75) is 32.9 Å². The van der Waals surface area contributed by atoms with Crippen LogP contribution in [0.5, 0.6) is 0 Å². The third-order valence-corrected chi connectivity index (χ3v) is 6.77. The first kappa shape index (κ1) is 26.2. The molecule has 32 heavy (non-hydrogen) atoms. The molecular formula is C24H30F3N3S2. The van der Waals surface area contributed by atoms with Crippen LogP contribution in [0.4, 0.5) is 13.2 Å². The predicted octanol–water partition coefficient (Wildman–Crippen LogP) is 6.56. The highest BCUT2D eigenvalue weighted by molar-refractivity contribution is 8.04. The maximum Gasteiger partial charge on any atom is 0.408 e. The molecule has 8 heteroatoms. The summed E-state index contributed by atoms with van der Waals surface area (Å²) >= 11 is 6.74. The number of thiocarbonyl (C=S) groups is 1. The van der Waals surface area contributed by atoms with Crippen molar-refractivity contribution in [3.8, 4) is 0 Å². The molecule has 0 aromatic carbocycles. The number of hydrogen-bond acceptors (Lipinski definition) is 3. The minimum absolute atomic E-state index is 0.0792. The first-order chi connectivity index (χ1) is 15.2. The van der Waals surface area contributed by atoms with E-state index in [-0.39, 0.29) is 11.8 Å². The molecule has 0 saturated heterocycles. The first-order valence-corrected chi connectivity index (χ1v) is 11.9. The normalized spacial score (nSPS) is 22.1. The third kappa shape index (κ3) is 7.81. The Kier molecular flexibility index (Phi) is 10.0. The molecule has 0 amide bonds. The fraction of sp³-hybridized carbons (Fsp3) is 0.417. The van der Waals surface area contributed by atoms with Crippen LogP contribution in [-0.2, 0) is 0 Å². The molecule has 2 aliphatic rings. The number of allylic oxidation sites excluding steroid dienone is 8. The second kappa shape index (κ2) is 12.3. The molecule has 0 aromatic heterocycles. The number of thioether (sulfide) groups is 1. The van der Waals surface area contributed by atoms with E-state index >= 15 is 0 Å². The number of amidine groups is 1. The van der Waals surface area contributed by atoms with Crippen LogP contribution in [0.2, 0.25) is 0 Å². The molecule has 0 aromatic rings. The number of aliphatic imine (C=N–C) groups is 1. The number of likely N-dealkylation sites (N-methyl/N-ethyl adjacent to an activating group) is 1. The van der Waals surface area contributed by atoms with Crippen LogP contribution in [0, 0.1) is 11.8 Å². The number of nitrogens with one attached hydrogen (secondary N) is 1. The van der Waals surface area contributed by atoms with Gasteiger partial charge in [0.25, 0.3) is 0 Å². The summed E-state index contributed by atoms with van der Waals surface area (Å²) in [5.41, 5.74) is 1.93. The maximum atomic E-state index is 13.1. The van der Waals surface area contributed by atoms with E-state index in [4.69, 9.17) is 12.2 Å². The molecule has 0 bridgehead atoms. The largest absolute Gasteiger partial charge is 0.408 e. The third-order valence-electron chi connectivity index (χ3n) is 5.15. The Labute approximate surface area is 198 Å². The number of halogens is 3. The van der Waals surface area contributed by atoms with Crippen molar-refractivity contribution in [2.75, 3.05) is 19.3 Å². The van der Waals surface area contributed by atoms with E-state index in [0.717, 1.165) is 24.1 Å². The van der Waals surface area contributed by atoms with E-state index in [1.807, 2.05) is 31.4 Å². The number of nitrogens with zero attached hydrogens (tertiary/aromatic N) is 2. The molecular weight excluding hydrogens is 451 g/mol. The van der Waals surface area contributed by atoms with Gasteiger partial charge in [0.1, 0.15) is 17.4 Å². The van der Waals surface area contributed by atoms with Crippen molar-refractivity contribution >= 4 is 34.8 Å². The average Bonchev–Trinajstić information content (AvgIpc) is 2.91. The fourth-order valence-electron chi connectivity index (χ4n) is 3.46. The van der Waals surface area contributed by atoms with Crippen LogP contribution >= 0.6 is 24.0 Å². The van der Waals surface area contributed by atoms with Crippen molar-refractivity contribution < 1.29 is 13.2 Å². The van der Waals surface area contributed by atoms with Gasteiger partial charge in [-0.25, -0.2) is 0 Å². The molecule has 0 saturated carbocycles. The average molecular weight is 482 g/mol. The van der Waals surface area contributed by atoms with Crippen molar-refractivity contribution in [3.05, 3.63) is 71.5 Å². The number of hydrogen-bond donors (Lipinski definition) is 1. The van der Waals surface area contributed by atoms with E-state index in [1.54, 1.807) is 24.1 Å². The van der Waals surface area contributed by atoms with Crippen molar-refractivity contribution in [1.29, 1.82) is 0 Å². The SMILES string of the molecule is C=C/C=C(\SCC1C=CNC(=S)C(C)=C1)C(=NCC(F)(F)F)N(C)C1=CC=CCC1CC. The molecule has 0 fully saturated rings. The summed E-state index contributed by atoms with van der Waals surface area (Å²) in [6.45, 7) is 6.55. The highest BCUT2D eigenvalue weighted by Crippen LogP contribution is 2.31. The number of alkyl halides is 3. The number of rotatable bonds is 8. The van der Waals surface area contributed by atoms with E-state index in [1.165, 1.54) is 11.8 Å². The highest BCUT2D eigenvalue weighted by atomic mass is 32.2. The molecule has 174 valence electrons. The summed E-state index contributed by atoms with van der Waals surface area (Å²) in [7, 11) is 1.79. The van der Waals surface area contributed by atoms with Crippen LogP contribution < -0.4 is 5.32 Å². The minimum Gasteiger partial charge on any atom is -0.353 e. The van der Waals surface area contributed by atoms with Crippen LogP contribution in [0.25, 0.3) is 0 Å². The fourth-order valence-corrected chi connectivity index (χ4v) is 4.70. The molecule has 0 spiro atoms. The zero-order chi connectivity index (χ0) is 23.7. The lowest BCUT2D eigenvalue weighted by molar-refractivity contribution is -0.118. The minimum atomic E-state index is -4.38. The van der Waals surface area contributed by atoms with E-state index in [0.29, 0.717) is 21.5 Å². The molecule has 2 rings (SSSR count). The van der Waals surface area contributed by atoms with E-state index < -0.39 is 12.7 Å². The molecule has 1 heterocycles. The topological polar surface area (TPSA) is 27.6 Å².